The van der Waals surface area contributed by atoms with E-state index in [0.717, 1.165) is 6.20 Å². The summed E-state index contributed by atoms with van der Waals surface area (Å²) in [6.07, 6.45) is 1.04. The molecule has 1 N–H and O–H groups in total. The second kappa shape index (κ2) is 8.33. The minimum Gasteiger partial charge on any atom is -0.356 e. The van der Waals surface area contributed by atoms with E-state index in [9.17, 15) is 14.9 Å². The lowest BCUT2D eigenvalue weighted by Crippen LogP contribution is -2.26. The normalized spacial score (nSPS) is 12.0. The molecule has 1 atom stereocenters. The zero-order valence-corrected chi connectivity index (χ0v) is 17.6. The summed E-state index contributed by atoms with van der Waals surface area (Å²) in [5.74, 6) is -0.0456. The molecule has 31 heavy (non-hydrogen) atoms. The summed E-state index contributed by atoms with van der Waals surface area (Å²) in [7, 11) is 0. The SMILES string of the molecule is CC(Nc1nc(Cl)ncc1[N+](=O)[O-])c1cc2cccc(Cl)c2c(=O)n1-c1ccccc1. The van der Waals surface area contributed by atoms with Gasteiger partial charge >= 0.3 is 5.69 Å². The van der Waals surface area contributed by atoms with E-state index >= 15 is 0 Å². The molecule has 0 spiro atoms. The number of aromatic nitrogens is 3. The van der Waals surface area contributed by atoms with Crippen LogP contribution in [0.3, 0.4) is 0 Å². The highest BCUT2D eigenvalue weighted by Gasteiger charge is 2.22. The standard InChI is InChI=1S/C21H15Cl2N5O3/c1-12(25-19-17(28(30)31)11-24-21(23)26-19)16-10-13-6-5-9-15(22)18(13)20(29)27(16)14-7-3-2-4-8-14/h2-12H,1H3,(H,24,25,26). The van der Waals surface area contributed by atoms with Crippen LogP contribution in [0.25, 0.3) is 16.5 Å². The first-order chi connectivity index (χ1) is 14.9. The van der Waals surface area contributed by atoms with E-state index < -0.39 is 11.0 Å². The Bertz CT molecular complexity index is 1360. The van der Waals surface area contributed by atoms with Gasteiger partial charge in [0.25, 0.3) is 5.56 Å². The highest BCUT2D eigenvalue weighted by Crippen LogP contribution is 2.29. The van der Waals surface area contributed by atoms with Gasteiger partial charge in [0, 0.05) is 11.4 Å². The summed E-state index contributed by atoms with van der Waals surface area (Å²) < 4.78 is 1.53. The number of fused-ring (bicyclic) bond motifs is 1. The van der Waals surface area contributed by atoms with E-state index in [4.69, 9.17) is 23.2 Å². The first-order valence-electron chi connectivity index (χ1n) is 9.20. The fraction of sp³-hybridized carbons (Fsp3) is 0.0952. The Balaban J connectivity index is 1.92. The van der Waals surface area contributed by atoms with Crippen LogP contribution in [0.4, 0.5) is 11.5 Å². The number of nitro groups is 1. The van der Waals surface area contributed by atoms with Crippen LogP contribution in [0.2, 0.25) is 10.3 Å². The van der Waals surface area contributed by atoms with Crippen LogP contribution in [0, 0.1) is 10.1 Å². The van der Waals surface area contributed by atoms with Gasteiger partial charge in [-0.25, -0.2) is 4.98 Å². The Hall–Kier alpha value is -3.49. The molecule has 0 saturated heterocycles. The fourth-order valence-electron chi connectivity index (χ4n) is 3.37. The van der Waals surface area contributed by atoms with Gasteiger partial charge in [0.1, 0.15) is 6.20 Å². The monoisotopic (exact) mass is 455 g/mol. The highest BCUT2D eigenvalue weighted by molar-refractivity contribution is 6.35. The van der Waals surface area contributed by atoms with Crippen molar-refractivity contribution in [2.24, 2.45) is 0 Å². The zero-order valence-electron chi connectivity index (χ0n) is 16.1. The first-order valence-corrected chi connectivity index (χ1v) is 9.95. The second-order valence-electron chi connectivity index (χ2n) is 6.75. The maximum absolute atomic E-state index is 13.5. The Morgan fingerprint density at radius 2 is 1.87 bits per heavy atom. The van der Waals surface area contributed by atoms with Crippen LogP contribution in [0.15, 0.2) is 65.6 Å². The van der Waals surface area contributed by atoms with E-state index in [1.54, 1.807) is 37.3 Å². The number of rotatable bonds is 5. The molecule has 4 rings (SSSR count). The number of hydrogen-bond donors (Lipinski definition) is 1. The van der Waals surface area contributed by atoms with Crippen LogP contribution >= 0.6 is 23.2 Å². The molecule has 2 aromatic heterocycles. The quantitative estimate of drug-likeness (QED) is 0.253. The molecule has 4 aromatic rings. The zero-order chi connectivity index (χ0) is 22.1. The van der Waals surface area contributed by atoms with Crippen molar-refractivity contribution in [3.63, 3.8) is 0 Å². The van der Waals surface area contributed by atoms with Gasteiger partial charge in [-0.05, 0) is 48.2 Å². The molecule has 2 heterocycles. The van der Waals surface area contributed by atoms with Gasteiger partial charge in [-0.2, -0.15) is 4.98 Å². The predicted octanol–water partition coefficient (Wildman–Crippen LogP) is 5.17. The maximum atomic E-state index is 13.5. The largest absolute Gasteiger partial charge is 0.356 e. The van der Waals surface area contributed by atoms with Crippen molar-refractivity contribution in [3.8, 4) is 5.69 Å². The molecule has 0 fully saturated rings. The molecule has 0 radical (unpaired) electrons. The van der Waals surface area contributed by atoms with E-state index in [0.29, 0.717) is 27.2 Å². The molecule has 0 amide bonds. The number of para-hydroxylation sites is 1. The van der Waals surface area contributed by atoms with Gasteiger partial charge in [-0.3, -0.25) is 19.5 Å². The molecule has 0 bridgehead atoms. The lowest BCUT2D eigenvalue weighted by Gasteiger charge is -2.21. The van der Waals surface area contributed by atoms with Crippen LogP contribution in [0.1, 0.15) is 18.7 Å². The van der Waals surface area contributed by atoms with Crippen LogP contribution in [0.5, 0.6) is 0 Å². The van der Waals surface area contributed by atoms with Gasteiger partial charge in [0.05, 0.1) is 21.4 Å². The number of benzene rings is 2. The van der Waals surface area contributed by atoms with Crippen molar-refractivity contribution in [2.75, 3.05) is 5.32 Å². The molecular weight excluding hydrogens is 441 g/mol. The van der Waals surface area contributed by atoms with Crippen molar-refractivity contribution in [1.29, 1.82) is 0 Å². The van der Waals surface area contributed by atoms with Crippen LogP contribution in [-0.2, 0) is 0 Å². The smallest absolute Gasteiger partial charge is 0.329 e. The third-order valence-corrected chi connectivity index (χ3v) is 5.27. The van der Waals surface area contributed by atoms with Crippen molar-refractivity contribution < 1.29 is 4.92 Å². The molecule has 10 heteroatoms. The average molecular weight is 456 g/mol. The number of anilines is 1. The molecular formula is C21H15Cl2N5O3. The lowest BCUT2D eigenvalue weighted by molar-refractivity contribution is -0.384. The maximum Gasteiger partial charge on any atom is 0.329 e. The van der Waals surface area contributed by atoms with Crippen molar-refractivity contribution >= 4 is 45.5 Å². The average Bonchev–Trinajstić information content (AvgIpc) is 2.74. The van der Waals surface area contributed by atoms with Crippen molar-refractivity contribution in [3.05, 3.63) is 97.3 Å². The molecule has 156 valence electrons. The summed E-state index contributed by atoms with van der Waals surface area (Å²) in [6, 6.07) is 15.5. The number of nitrogens with one attached hydrogen (secondary N) is 1. The number of hydrogen-bond acceptors (Lipinski definition) is 6. The molecule has 0 saturated carbocycles. The molecule has 8 nitrogen and oxygen atoms in total. The van der Waals surface area contributed by atoms with Crippen LogP contribution < -0.4 is 10.9 Å². The van der Waals surface area contributed by atoms with Crippen LogP contribution in [-0.4, -0.2) is 19.5 Å². The summed E-state index contributed by atoms with van der Waals surface area (Å²) in [4.78, 5) is 31.9. The van der Waals surface area contributed by atoms with E-state index in [2.05, 4.69) is 15.3 Å². The lowest BCUT2D eigenvalue weighted by atomic mass is 10.1. The summed E-state index contributed by atoms with van der Waals surface area (Å²) in [5.41, 5.74) is 0.574. The molecule has 0 aliphatic carbocycles. The Labute approximate surface area is 186 Å². The minimum absolute atomic E-state index is 0.0456. The summed E-state index contributed by atoms with van der Waals surface area (Å²) >= 11 is 12.2. The first kappa shape index (κ1) is 20.8. The van der Waals surface area contributed by atoms with Gasteiger partial charge in [-0.15, -0.1) is 0 Å². The third kappa shape index (κ3) is 3.95. The Kier molecular flexibility index (Phi) is 5.58. The molecule has 2 aromatic carbocycles. The molecule has 0 aliphatic rings. The Morgan fingerprint density at radius 1 is 1.13 bits per heavy atom. The summed E-state index contributed by atoms with van der Waals surface area (Å²) in [5, 5.41) is 15.6. The van der Waals surface area contributed by atoms with E-state index in [-0.39, 0.29) is 22.3 Å². The number of halogens is 2. The molecule has 1 unspecified atom stereocenters. The third-order valence-electron chi connectivity index (χ3n) is 4.77. The highest BCUT2D eigenvalue weighted by atomic mass is 35.5. The van der Waals surface area contributed by atoms with Gasteiger partial charge in [-0.1, -0.05) is 41.9 Å². The topological polar surface area (TPSA) is 103 Å². The minimum atomic E-state index is -0.601. The van der Waals surface area contributed by atoms with Crippen molar-refractivity contribution in [1.82, 2.24) is 14.5 Å². The summed E-state index contributed by atoms with van der Waals surface area (Å²) in [6.45, 7) is 1.77. The fourth-order valence-corrected chi connectivity index (χ4v) is 3.77. The predicted molar refractivity (Wildman–Crippen MR) is 120 cm³/mol. The second-order valence-corrected chi connectivity index (χ2v) is 7.49. The van der Waals surface area contributed by atoms with E-state index in [1.807, 2.05) is 24.3 Å². The molecule has 0 aliphatic heterocycles. The van der Waals surface area contributed by atoms with Gasteiger partial charge in [0.15, 0.2) is 0 Å². The van der Waals surface area contributed by atoms with Crippen molar-refractivity contribution in [2.45, 2.75) is 13.0 Å². The number of pyridine rings is 1. The Morgan fingerprint density at radius 3 is 2.58 bits per heavy atom. The van der Waals surface area contributed by atoms with E-state index in [1.165, 1.54) is 4.57 Å². The number of nitrogens with zero attached hydrogens (tertiary/aromatic N) is 4. The van der Waals surface area contributed by atoms with Gasteiger partial charge < -0.3 is 5.32 Å². The van der Waals surface area contributed by atoms with Gasteiger partial charge in [0.2, 0.25) is 11.1 Å².